The van der Waals surface area contributed by atoms with Crippen LogP contribution in [-0.2, 0) is 17.3 Å². The Labute approximate surface area is 134 Å². The zero-order valence-corrected chi connectivity index (χ0v) is 13.6. The van der Waals surface area contributed by atoms with Gasteiger partial charge in [-0.25, -0.2) is 0 Å². The zero-order valence-electron chi connectivity index (χ0n) is 10.7. The normalized spacial score (nSPS) is 18.8. The monoisotopic (exact) mass is 399 g/mol. The minimum Gasteiger partial charge on any atom is -0.273 e. The quantitative estimate of drug-likeness (QED) is 0.690. The maximum atomic E-state index is 12.9. The number of carbonyl (C=O) groups excluding carboxylic acids is 1. The third-order valence-corrected chi connectivity index (χ3v) is 5.15. The summed E-state index contributed by atoms with van der Waals surface area (Å²) in [6.45, 7) is 0. The number of anilines is 2. The first kappa shape index (κ1) is 12.6. The standard InChI is InChI=1S/C14H11ClIN3O/c1-18-12(10(16)7-17-18)19-11-3-2-8(15)6-9(11)14(4-5-14)13(19)20/h2-3,6-7H,4-5H2,1H3. The summed E-state index contributed by atoms with van der Waals surface area (Å²) < 4.78 is 2.72. The minimum absolute atomic E-state index is 0.149. The number of carbonyl (C=O) groups is 1. The van der Waals surface area contributed by atoms with Crippen LogP contribution in [-0.4, -0.2) is 15.7 Å². The Kier molecular flexibility index (Phi) is 2.51. The molecule has 0 bridgehead atoms. The largest absolute Gasteiger partial charge is 0.273 e. The number of hydrogen-bond acceptors (Lipinski definition) is 2. The molecule has 6 heteroatoms. The third kappa shape index (κ3) is 1.47. The van der Waals surface area contributed by atoms with Crippen LogP contribution >= 0.6 is 34.2 Å². The average molecular weight is 400 g/mol. The van der Waals surface area contributed by atoms with Crippen molar-refractivity contribution in [1.82, 2.24) is 9.78 Å². The molecule has 0 saturated heterocycles. The molecule has 20 heavy (non-hydrogen) atoms. The van der Waals surface area contributed by atoms with Crippen LogP contribution in [0.2, 0.25) is 5.02 Å². The predicted octanol–water partition coefficient (Wildman–Crippen LogP) is 3.39. The van der Waals surface area contributed by atoms with E-state index in [2.05, 4.69) is 27.7 Å². The van der Waals surface area contributed by atoms with Gasteiger partial charge >= 0.3 is 0 Å². The molecule has 0 atom stereocenters. The Morgan fingerprint density at radius 2 is 2.15 bits per heavy atom. The van der Waals surface area contributed by atoms with Crippen molar-refractivity contribution in [2.45, 2.75) is 18.3 Å². The highest BCUT2D eigenvalue weighted by Gasteiger charge is 2.60. The lowest BCUT2D eigenvalue weighted by Gasteiger charge is -2.18. The van der Waals surface area contributed by atoms with Crippen molar-refractivity contribution in [2.75, 3.05) is 4.90 Å². The van der Waals surface area contributed by atoms with Crippen LogP contribution in [0, 0.1) is 3.57 Å². The molecule has 2 heterocycles. The highest BCUT2D eigenvalue weighted by molar-refractivity contribution is 14.1. The van der Waals surface area contributed by atoms with Gasteiger partial charge in [0, 0.05) is 12.1 Å². The highest BCUT2D eigenvalue weighted by Crippen LogP contribution is 2.59. The lowest BCUT2D eigenvalue weighted by molar-refractivity contribution is -0.119. The molecule has 0 unspecified atom stereocenters. The second-order valence-electron chi connectivity index (χ2n) is 5.32. The van der Waals surface area contributed by atoms with Crippen LogP contribution in [0.4, 0.5) is 11.5 Å². The molecule has 4 nitrogen and oxygen atoms in total. The summed E-state index contributed by atoms with van der Waals surface area (Å²) in [7, 11) is 1.86. The SMILES string of the molecule is Cn1ncc(I)c1N1C(=O)C2(CC2)c2cc(Cl)ccc21. The number of nitrogens with zero attached hydrogens (tertiary/aromatic N) is 3. The second kappa shape index (κ2) is 3.98. The summed E-state index contributed by atoms with van der Waals surface area (Å²) >= 11 is 8.33. The molecular formula is C14H11ClIN3O. The van der Waals surface area contributed by atoms with Gasteiger partial charge in [0.15, 0.2) is 5.82 Å². The van der Waals surface area contributed by atoms with E-state index in [-0.39, 0.29) is 11.3 Å². The first-order valence-electron chi connectivity index (χ1n) is 6.37. The Morgan fingerprint density at radius 3 is 2.75 bits per heavy atom. The Bertz CT molecular complexity index is 731. The van der Waals surface area contributed by atoms with Gasteiger partial charge in [-0.2, -0.15) is 5.10 Å². The molecule has 2 aliphatic rings. The number of benzene rings is 1. The fraction of sp³-hybridized carbons (Fsp3) is 0.286. The fourth-order valence-electron chi connectivity index (χ4n) is 3.00. The van der Waals surface area contributed by atoms with Gasteiger partial charge in [-0.05, 0) is 59.2 Å². The summed E-state index contributed by atoms with van der Waals surface area (Å²) in [5, 5.41) is 4.93. The molecular weight excluding hydrogens is 389 g/mol. The van der Waals surface area contributed by atoms with Crippen LogP contribution < -0.4 is 4.90 Å². The molecule has 1 amide bonds. The van der Waals surface area contributed by atoms with Crippen molar-refractivity contribution in [2.24, 2.45) is 7.05 Å². The maximum Gasteiger partial charge on any atom is 0.243 e. The molecule has 1 fully saturated rings. The van der Waals surface area contributed by atoms with E-state index in [1.54, 1.807) is 15.8 Å². The smallest absolute Gasteiger partial charge is 0.243 e. The molecule has 2 aromatic rings. The molecule has 1 spiro atoms. The van der Waals surface area contributed by atoms with Crippen molar-refractivity contribution >= 4 is 51.6 Å². The second-order valence-corrected chi connectivity index (χ2v) is 6.92. The highest BCUT2D eigenvalue weighted by atomic mass is 127. The van der Waals surface area contributed by atoms with Gasteiger partial charge in [0.2, 0.25) is 5.91 Å². The molecule has 1 aliphatic heterocycles. The Balaban J connectivity index is 1.97. The van der Waals surface area contributed by atoms with Gasteiger partial charge in [-0.3, -0.25) is 14.4 Å². The lowest BCUT2D eigenvalue weighted by atomic mass is 9.98. The van der Waals surface area contributed by atoms with E-state index < -0.39 is 0 Å². The lowest BCUT2D eigenvalue weighted by Crippen LogP contribution is -2.29. The molecule has 1 aromatic heterocycles. The van der Waals surface area contributed by atoms with Crippen molar-refractivity contribution in [3.05, 3.63) is 38.6 Å². The maximum absolute atomic E-state index is 12.9. The van der Waals surface area contributed by atoms with Gasteiger partial charge in [-0.1, -0.05) is 11.6 Å². The average Bonchev–Trinajstić information content (AvgIpc) is 3.12. The van der Waals surface area contributed by atoms with Gasteiger partial charge in [0.05, 0.1) is 20.9 Å². The number of amides is 1. The number of aromatic nitrogens is 2. The fourth-order valence-corrected chi connectivity index (χ4v) is 3.89. The van der Waals surface area contributed by atoms with E-state index in [4.69, 9.17) is 11.6 Å². The molecule has 102 valence electrons. The van der Waals surface area contributed by atoms with Gasteiger partial charge in [0.1, 0.15) is 0 Å². The summed E-state index contributed by atoms with van der Waals surface area (Å²) in [6, 6.07) is 5.71. The van der Waals surface area contributed by atoms with Gasteiger partial charge in [-0.15, -0.1) is 0 Å². The van der Waals surface area contributed by atoms with Crippen LogP contribution in [0.15, 0.2) is 24.4 Å². The summed E-state index contributed by atoms with van der Waals surface area (Å²) in [4.78, 5) is 14.7. The van der Waals surface area contributed by atoms with E-state index in [9.17, 15) is 4.79 Å². The molecule has 1 saturated carbocycles. The third-order valence-electron chi connectivity index (χ3n) is 4.15. The van der Waals surface area contributed by atoms with Crippen molar-refractivity contribution < 1.29 is 4.79 Å². The summed E-state index contributed by atoms with van der Waals surface area (Å²) in [5.74, 6) is 0.985. The van der Waals surface area contributed by atoms with E-state index in [1.165, 1.54) is 0 Å². The molecule has 1 aliphatic carbocycles. The van der Waals surface area contributed by atoms with E-state index in [0.717, 1.165) is 33.5 Å². The van der Waals surface area contributed by atoms with Crippen LogP contribution in [0.25, 0.3) is 0 Å². The molecule has 1 aromatic carbocycles. The van der Waals surface area contributed by atoms with Crippen LogP contribution in [0.1, 0.15) is 18.4 Å². The zero-order chi connectivity index (χ0) is 14.1. The minimum atomic E-state index is -0.340. The topological polar surface area (TPSA) is 38.1 Å². The van der Waals surface area contributed by atoms with Crippen molar-refractivity contribution in [1.29, 1.82) is 0 Å². The number of rotatable bonds is 1. The van der Waals surface area contributed by atoms with Gasteiger partial charge in [0.25, 0.3) is 0 Å². The molecule has 0 N–H and O–H groups in total. The number of fused-ring (bicyclic) bond motifs is 2. The summed E-state index contributed by atoms with van der Waals surface area (Å²) in [5.41, 5.74) is 1.67. The van der Waals surface area contributed by atoms with Gasteiger partial charge < -0.3 is 0 Å². The van der Waals surface area contributed by atoms with Crippen LogP contribution in [0.5, 0.6) is 0 Å². The summed E-state index contributed by atoms with van der Waals surface area (Å²) in [6.07, 6.45) is 3.59. The van der Waals surface area contributed by atoms with Crippen LogP contribution in [0.3, 0.4) is 0 Å². The number of halogens is 2. The Hall–Kier alpha value is -1.08. The molecule has 4 rings (SSSR count). The van der Waals surface area contributed by atoms with E-state index in [0.29, 0.717) is 5.02 Å². The first-order chi connectivity index (χ1) is 9.54. The molecule has 0 radical (unpaired) electrons. The van der Waals surface area contributed by atoms with Crippen molar-refractivity contribution in [3.63, 3.8) is 0 Å². The number of hydrogen-bond donors (Lipinski definition) is 0. The van der Waals surface area contributed by atoms with E-state index in [1.807, 2.05) is 25.2 Å². The number of aryl methyl sites for hydroxylation is 1. The first-order valence-corrected chi connectivity index (χ1v) is 7.82. The van der Waals surface area contributed by atoms with E-state index >= 15 is 0 Å². The van der Waals surface area contributed by atoms with Crippen molar-refractivity contribution in [3.8, 4) is 0 Å². The predicted molar refractivity (Wildman–Crippen MR) is 85.4 cm³/mol. The Morgan fingerprint density at radius 1 is 1.40 bits per heavy atom.